The Kier molecular flexibility index (Phi) is 2.65. The SMILES string of the molecule is CC(C)n1c(CCN)n[nH]c1=O. The Labute approximate surface area is 70.6 Å². The first kappa shape index (κ1) is 8.99. The van der Waals surface area contributed by atoms with Crippen molar-refractivity contribution in [2.45, 2.75) is 26.3 Å². The first-order valence-corrected chi connectivity index (χ1v) is 4.02. The Morgan fingerprint density at radius 2 is 2.33 bits per heavy atom. The van der Waals surface area contributed by atoms with Crippen molar-refractivity contribution >= 4 is 0 Å². The van der Waals surface area contributed by atoms with Crippen molar-refractivity contribution in [3.63, 3.8) is 0 Å². The lowest BCUT2D eigenvalue weighted by Gasteiger charge is -2.07. The molecule has 0 bridgehead atoms. The van der Waals surface area contributed by atoms with Crippen molar-refractivity contribution < 1.29 is 0 Å². The molecule has 1 heterocycles. The van der Waals surface area contributed by atoms with Crippen molar-refractivity contribution in [3.8, 4) is 0 Å². The van der Waals surface area contributed by atoms with Crippen LogP contribution in [0.1, 0.15) is 25.7 Å². The summed E-state index contributed by atoms with van der Waals surface area (Å²) >= 11 is 0. The smallest absolute Gasteiger partial charge is 0.330 e. The molecule has 1 aromatic heterocycles. The van der Waals surface area contributed by atoms with Gasteiger partial charge < -0.3 is 5.73 Å². The molecule has 0 saturated carbocycles. The zero-order valence-electron chi connectivity index (χ0n) is 7.37. The summed E-state index contributed by atoms with van der Waals surface area (Å²) in [6.45, 7) is 4.39. The predicted octanol–water partition coefficient (Wildman–Crippen LogP) is -0.346. The van der Waals surface area contributed by atoms with Crippen LogP contribution < -0.4 is 11.4 Å². The average Bonchev–Trinajstić information content (AvgIpc) is 2.32. The highest BCUT2D eigenvalue weighted by Gasteiger charge is 2.09. The van der Waals surface area contributed by atoms with Crippen molar-refractivity contribution in [2.24, 2.45) is 5.73 Å². The maximum Gasteiger partial charge on any atom is 0.343 e. The van der Waals surface area contributed by atoms with E-state index in [0.717, 1.165) is 5.82 Å². The van der Waals surface area contributed by atoms with Gasteiger partial charge in [-0.2, -0.15) is 5.10 Å². The molecule has 3 N–H and O–H groups in total. The van der Waals surface area contributed by atoms with Crippen LogP contribution in [-0.4, -0.2) is 21.3 Å². The molecular weight excluding hydrogens is 156 g/mol. The van der Waals surface area contributed by atoms with Gasteiger partial charge in [-0.3, -0.25) is 4.57 Å². The molecule has 68 valence electrons. The van der Waals surface area contributed by atoms with Gasteiger partial charge in [0.25, 0.3) is 0 Å². The lowest BCUT2D eigenvalue weighted by atomic mass is 10.3. The van der Waals surface area contributed by atoms with Gasteiger partial charge in [0.05, 0.1) is 0 Å². The predicted molar refractivity (Wildman–Crippen MR) is 46.0 cm³/mol. The number of rotatable bonds is 3. The highest BCUT2D eigenvalue weighted by atomic mass is 16.1. The quantitative estimate of drug-likeness (QED) is 0.651. The van der Waals surface area contributed by atoms with E-state index in [9.17, 15) is 4.79 Å². The van der Waals surface area contributed by atoms with Gasteiger partial charge in [0.1, 0.15) is 5.82 Å². The molecule has 0 atom stereocenters. The number of H-pyrrole nitrogens is 1. The van der Waals surface area contributed by atoms with Crippen LogP contribution in [0.4, 0.5) is 0 Å². The van der Waals surface area contributed by atoms with Crippen LogP contribution in [0.2, 0.25) is 0 Å². The van der Waals surface area contributed by atoms with Gasteiger partial charge in [0.2, 0.25) is 0 Å². The second-order valence-corrected chi connectivity index (χ2v) is 2.95. The van der Waals surface area contributed by atoms with Crippen molar-refractivity contribution in [1.29, 1.82) is 0 Å². The second-order valence-electron chi connectivity index (χ2n) is 2.95. The maximum absolute atomic E-state index is 11.2. The van der Waals surface area contributed by atoms with Crippen molar-refractivity contribution in [2.75, 3.05) is 6.54 Å². The largest absolute Gasteiger partial charge is 0.343 e. The minimum absolute atomic E-state index is 0.137. The van der Waals surface area contributed by atoms with E-state index < -0.39 is 0 Å². The summed E-state index contributed by atoms with van der Waals surface area (Å²) in [5.41, 5.74) is 5.21. The average molecular weight is 170 g/mol. The molecule has 0 fully saturated rings. The number of aromatic amines is 1. The Bertz CT molecular complexity index is 299. The third-order valence-electron chi connectivity index (χ3n) is 1.66. The van der Waals surface area contributed by atoms with E-state index in [1.54, 1.807) is 4.57 Å². The molecule has 5 heteroatoms. The summed E-state index contributed by atoms with van der Waals surface area (Å²) in [5.74, 6) is 0.734. The van der Waals surface area contributed by atoms with Gasteiger partial charge in [-0.15, -0.1) is 0 Å². The molecule has 1 aromatic rings. The second kappa shape index (κ2) is 3.53. The maximum atomic E-state index is 11.2. The molecule has 0 aliphatic rings. The number of aromatic nitrogens is 3. The van der Waals surface area contributed by atoms with Crippen molar-refractivity contribution in [3.05, 3.63) is 16.3 Å². The Hall–Kier alpha value is -1.10. The van der Waals surface area contributed by atoms with E-state index in [4.69, 9.17) is 5.73 Å². The summed E-state index contributed by atoms with van der Waals surface area (Å²) in [6.07, 6.45) is 0.636. The molecule has 1 rings (SSSR count). The Balaban J connectivity index is 3.04. The molecule has 5 nitrogen and oxygen atoms in total. The summed E-state index contributed by atoms with van der Waals surface area (Å²) in [7, 11) is 0. The lowest BCUT2D eigenvalue weighted by molar-refractivity contribution is 0.551. The first-order chi connectivity index (χ1) is 5.66. The van der Waals surface area contributed by atoms with E-state index in [1.807, 2.05) is 13.8 Å². The zero-order chi connectivity index (χ0) is 9.14. The van der Waals surface area contributed by atoms with Gasteiger partial charge in [-0.1, -0.05) is 0 Å². The molecule has 0 saturated heterocycles. The number of hydrogen-bond acceptors (Lipinski definition) is 3. The minimum atomic E-state index is -0.159. The number of hydrogen-bond donors (Lipinski definition) is 2. The number of nitrogens with one attached hydrogen (secondary N) is 1. The summed E-state index contributed by atoms with van der Waals surface area (Å²) in [6, 6.07) is 0.137. The Morgan fingerprint density at radius 1 is 1.67 bits per heavy atom. The fraction of sp³-hybridized carbons (Fsp3) is 0.714. The van der Waals surface area contributed by atoms with Crippen LogP contribution in [-0.2, 0) is 6.42 Å². The summed E-state index contributed by atoms with van der Waals surface area (Å²) in [5, 5.41) is 6.28. The van der Waals surface area contributed by atoms with Gasteiger partial charge in [0, 0.05) is 12.5 Å². The third-order valence-corrected chi connectivity index (χ3v) is 1.66. The molecule has 0 spiro atoms. The van der Waals surface area contributed by atoms with Crippen LogP contribution in [0.5, 0.6) is 0 Å². The fourth-order valence-corrected chi connectivity index (χ4v) is 1.18. The van der Waals surface area contributed by atoms with Crippen LogP contribution in [0.15, 0.2) is 4.79 Å². The number of nitrogens with zero attached hydrogens (tertiary/aromatic N) is 2. The summed E-state index contributed by atoms with van der Waals surface area (Å²) < 4.78 is 1.62. The molecule has 0 unspecified atom stereocenters. The molecule has 0 aliphatic heterocycles. The molecule has 12 heavy (non-hydrogen) atoms. The monoisotopic (exact) mass is 170 g/mol. The van der Waals surface area contributed by atoms with E-state index in [-0.39, 0.29) is 11.7 Å². The van der Waals surface area contributed by atoms with Crippen LogP contribution in [0, 0.1) is 0 Å². The molecule has 0 aliphatic carbocycles. The number of nitrogens with two attached hydrogens (primary N) is 1. The molecule has 0 radical (unpaired) electrons. The normalized spacial score (nSPS) is 11.0. The lowest BCUT2D eigenvalue weighted by Crippen LogP contribution is -2.22. The first-order valence-electron chi connectivity index (χ1n) is 4.02. The standard InChI is InChI=1S/C7H14N4O/c1-5(2)11-6(3-4-8)9-10-7(11)12/h5H,3-4,8H2,1-2H3,(H,10,12). The highest BCUT2D eigenvalue weighted by Crippen LogP contribution is 2.02. The van der Waals surface area contributed by atoms with E-state index in [0.29, 0.717) is 13.0 Å². The zero-order valence-corrected chi connectivity index (χ0v) is 7.37. The summed E-state index contributed by atoms with van der Waals surface area (Å²) in [4.78, 5) is 11.2. The Morgan fingerprint density at radius 3 is 2.83 bits per heavy atom. The van der Waals surface area contributed by atoms with Crippen LogP contribution >= 0.6 is 0 Å². The molecular formula is C7H14N4O. The van der Waals surface area contributed by atoms with E-state index in [1.165, 1.54) is 0 Å². The van der Waals surface area contributed by atoms with Crippen molar-refractivity contribution in [1.82, 2.24) is 14.8 Å². The van der Waals surface area contributed by atoms with Crippen LogP contribution in [0.3, 0.4) is 0 Å². The van der Waals surface area contributed by atoms with Crippen LogP contribution in [0.25, 0.3) is 0 Å². The fourth-order valence-electron chi connectivity index (χ4n) is 1.18. The minimum Gasteiger partial charge on any atom is -0.330 e. The highest BCUT2D eigenvalue weighted by molar-refractivity contribution is 4.88. The van der Waals surface area contributed by atoms with Gasteiger partial charge in [-0.05, 0) is 20.4 Å². The molecule has 0 aromatic carbocycles. The van der Waals surface area contributed by atoms with E-state index >= 15 is 0 Å². The molecule has 0 amide bonds. The van der Waals surface area contributed by atoms with Gasteiger partial charge in [-0.25, -0.2) is 9.89 Å². The third kappa shape index (κ3) is 1.55. The topological polar surface area (TPSA) is 76.7 Å². The van der Waals surface area contributed by atoms with E-state index in [2.05, 4.69) is 10.2 Å². The van der Waals surface area contributed by atoms with Gasteiger partial charge >= 0.3 is 5.69 Å². The van der Waals surface area contributed by atoms with Gasteiger partial charge in [0.15, 0.2) is 0 Å².